The van der Waals surface area contributed by atoms with Gasteiger partial charge in [0.1, 0.15) is 11.5 Å². The molecule has 2 rings (SSSR count). The van der Waals surface area contributed by atoms with E-state index >= 15 is 0 Å². The Balaban J connectivity index is 2.54. The van der Waals surface area contributed by atoms with Crippen LogP contribution in [0.5, 0.6) is 11.5 Å². The van der Waals surface area contributed by atoms with Crippen molar-refractivity contribution in [3.63, 3.8) is 0 Å². The van der Waals surface area contributed by atoms with Crippen LogP contribution in [0, 0.1) is 0 Å². The fourth-order valence-corrected chi connectivity index (χ4v) is 1.87. The van der Waals surface area contributed by atoms with Gasteiger partial charge < -0.3 is 9.47 Å². The van der Waals surface area contributed by atoms with Crippen LogP contribution >= 0.6 is 11.6 Å². The minimum atomic E-state index is 0.684. The average Bonchev–Trinajstić information content (AvgIpc) is 2.39. The molecule has 0 aliphatic heterocycles. The van der Waals surface area contributed by atoms with Crippen molar-refractivity contribution in [2.75, 3.05) is 14.2 Å². The van der Waals surface area contributed by atoms with E-state index in [1.807, 2.05) is 42.5 Å². The normalized spacial score (nSPS) is 10.1. The summed E-state index contributed by atoms with van der Waals surface area (Å²) >= 11 is 6.01. The molecule has 0 bridgehead atoms. The van der Waals surface area contributed by atoms with Gasteiger partial charge in [-0.2, -0.15) is 0 Å². The highest BCUT2D eigenvalue weighted by molar-refractivity contribution is 6.31. The quantitative estimate of drug-likeness (QED) is 0.817. The van der Waals surface area contributed by atoms with Crippen LogP contribution in [0.15, 0.2) is 42.5 Å². The van der Waals surface area contributed by atoms with E-state index < -0.39 is 0 Å². The maximum Gasteiger partial charge on any atom is 0.126 e. The summed E-state index contributed by atoms with van der Waals surface area (Å²) in [6, 6.07) is 13.3. The molecule has 0 heterocycles. The van der Waals surface area contributed by atoms with Crippen LogP contribution in [0.4, 0.5) is 0 Å². The highest BCUT2D eigenvalue weighted by Crippen LogP contribution is 2.33. The van der Waals surface area contributed by atoms with Gasteiger partial charge >= 0.3 is 0 Å². The molecule has 0 fully saturated rings. The number of methoxy groups -OCH3 is 2. The minimum Gasteiger partial charge on any atom is -0.497 e. The number of halogens is 1. The molecule has 0 N–H and O–H groups in total. The van der Waals surface area contributed by atoms with Gasteiger partial charge in [-0.1, -0.05) is 23.7 Å². The SMILES string of the molecule is COc1cccc(-c2cc(Cl)ccc2OC)c1. The van der Waals surface area contributed by atoms with E-state index in [1.165, 1.54) is 0 Å². The highest BCUT2D eigenvalue weighted by atomic mass is 35.5. The second-order valence-electron chi connectivity index (χ2n) is 3.58. The molecule has 0 unspecified atom stereocenters. The lowest BCUT2D eigenvalue weighted by Gasteiger charge is -2.10. The lowest BCUT2D eigenvalue weighted by molar-refractivity contribution is 0.413. The van der Waals surface area contributed by atoms with E-state index in [4.69, 9.17) is 21.1 Å². The number of ether oxygens (including phenoxy) is 2. The second-order valence-corrected chi connectivity index (χ2v) is 4.01. The van der Waals surface area contributed by atoms with Gasteiger partial charge in [0.2, 0.25) is 0 Å². The Morgan fingerprint density at radius 2 is 1.76 bits per heavy atom. The molecular weight excluding hydrogens is 236 g/mol. The van der Waals surface area contributed by atoms with Crippen LogP contribution in [0.3, 0.4) is 0 Å². The molecule has 0 radical (unpaired) electrons. The Morgan fingerprint density at radius 1 is 0.941 bits per heavy atom. The second kappa shape index (κ2) is 5.11. The maximum atomic E-state index is 6.01. The first-order chi connectivity index (χ1) is 8.24. The number of hydrogen-bond donors (Lipinski definition) is 0. The van der Waals surface area contributed by atoms with Gasteiger partial charge in [-0.05, 0) is 35.9 Å². The lowest BCUT2D eigenvalue weighted by atomic mass is 10.0. The fourth-order valence-electron chi connectivity index (χ4n) is 1.70. The molecule has 2 aromatic carbocycles. The largest absolute Gasteiger partial charge is 0.497 e. The van der Waals surface area contributed by atoms with E-state index in [1.54, 1.807) is 14.2 Å². The summed E-state index contributed by atoms with van der Waals surface area (Å²) in [6.45, 7) is 0. The summed E-state index contributed by atoms with van der Waals surface area (Å²) in [6.07, 6.45) is 0. The van der Waals surface area contributed by atoms with Gasteiger partial charge in [0, 0.05) is 10.6 Å². The topological polar surface area (TPSA) is 18.5 Å². The van der Waals surface area contributed by atoms with Crippen molar-refractivity contribution in [2.45, 2.75) is 0 Å². The summed E-state index contributed by atoms with van der Waals surface area (Å²) in [5, 5.41) is 0.684. The molecule has 2 aromatic rings. The van der Waals surface area contributed by atoms with Crippen molar-refractivity contribution in [3.8, 4) is 22.6 Å². The molecule has 0 aliphatic carbocycles. The van der Waals surface area contributed by atoms with Crippen molar-refractivity contribution in [2.24, 2.45) is 0 Å². The van der Waals surface area contributed by atoms with Gasteiger partial charge in [0.05, 0.1) is 14.2 Å². The summed E-state index contributed by atoms with van der Waals surface area (Å²) in [7, 11) is 3.29. The van der Waals surface area contributed by atoms with Gasteiger partial charge in [-0.15, -0.1) is 0 Å². The molecule has 0 atom stereocenters. The third kappa shape index (κ3) is 2.53. The molecule has 0 saturated heterocycles. The summed E-state index contributed by atoms with van der Waals surface area (Å²) in [5.74, 6) is 1.60. The standard InChI is InChI=1S/C14H13ClO2/c1-16-12-5-3-4-10(8-12)13-9-11(15)6-7-14(13)17-2/h3-9H,1-2H3. The van der Waals surface area contributed by atoms with Gasteiger partial charge in [0.15, 0.2) is 0 Å². The van der Waals surface area contributed by atoms with E-state index in [9.17, 15) is 0 Å². The molecule has 88 valence electrons. The van der Waals surface area contributed by atoms with Crippen LogP contribution in [0.1, 0.15) is 0 Å². The van der Waals surface area contributed by atoms with Gasteiger partial charge in [0.25, 0.3) is 0 Å². The van der Waals surface area contributed by atoms with Crippen molar-refractivity contribution < 1.29 is 9.47 Å². The Labute approximate surface area is 106 Å². The van der Waals surface area contributed by atoms with E-state index in [2.05, 4.69) is 0 Å². The smallest absolute Gasteiger partial charge is 0.126 e. The molecule has 0 spiro atoms. The summed E-state index contributed by atoms with van der Waals surface area (Å²) in [4.78, 5) is 0. The molecule has 0 amide bonds. The van der Waals surface area contributed by atoms with Gasteiger partial charge in [-0.3, -0.25) is 0 Å². The van der Waals surface area contributed by atoms with Crippen LogP contribution in [-0.2, 0) is 0 Å². The zero-order chi connectivity index (χ0) is 12.3. The molecule has 0 aromatic heterocycles. The Kier molecular flexibility index (Phi) is 3.55. The van der Waals surface area contributed by atoms with Crippen LogP contribution < -0.4 is 9.47 Å². The number of rotatable bonds is 3. The number of benzene rings is 2. The van der Waals surface area contributed by atoms with Crippen LogP contribution in [-0.4, -0.2) is 14.2 Å². The van der Waals surface area contributed by atoms with E-state index in [0.29, 0.717) is 5.02 Å². The Hall–Kier alpha value is -1.67. The third-order valence-electron chi connectivity index (χ3n) is 2.54. The summed E-state index contributed by atoms with van der Waals surface area (Å²) in [5.41, 5.74) is 1.97. The molecule has 2 nitrogen and oxygen atoms in total. The monoisotopic (exact) mass is 248 g/mol. The highest BCUT2D eigenvalue weighted by Gasteiger charge is 2.07. The zero-order valence-electron chi connectivity index (χ0n) is 9.74. The summed E-state index contributed by atoms with van der Waals surface area (Å²) < 4.78 is 10.5. The Morgan fingerprint density at radius 3 is 2.47 bits per heavy atom. The predicted molar refractivity (Wildman–Crippen MR) is 70.0 cm³/mol. The maximum absolute atomic E-state index is 6.01. The van der Waals surface area contributed by atoms with E-state index in [-0.39, 0.29) is 0 Å². The first-order valence-electron chi connectivity index (χ1n) is 5.22. The fraction of sp³-hybridized carbons (Fsp3) is 0.143. The Bertz CT molecular complexity index is 523. The van der Waals surface area contributed by atoms with Crippen molar-refractivity contribution in [3.05, 3.63) is 47.5 Å². The third-order valence-corrected chi connectivity index (χ3v) is 2.78. The molecule has 0 aliphatic rings. The first-order valence-corrected chi connectivity index (χ1v) is 5.60. The van der Waals surface area contributed by atoms with Crippen molar-refractivity contribution in [1.82, 2.24) is 0 Å². The number of hydrogen-bond acceptors (Lipinski definition) is 2. The average molecular weight is 249 g/mol. The lowest BCUT2D eigenvalue weighted by Crippen LogP contribution is -1.89. The van der Waals surface area contributed by atoms with Gasteiger partial charge in [-0.25, -0.2) is 0 Å². The minimum absolute atomic E-state index is 0.684. The first kappa shape index (κ1) is 11.8. The molecular formula is C14H13ClO2. The molecule has 3 heteroatoms. The van der Waals surface area contributed by atoms with Crippen LogP contribution in [0.25, 0.3) is 11.1 Å². The van der Waals surface area contributed by atoms with Crippen LogP contribution in [0.2, 0.25) is 5.02 Å². The van der Waals surface area contributed by atoms with E-state index in [0.717, 1.165) is 22.6 Å². The van der Waals surface area contributed by atoms with Crippen molar-refractivity contribution >= 4 is 11.6 Å². The van der Waals surface area contributed by atoms with Crippen molar-refractivity contribution in [1.29, 1.82) is 0 Å². The molecule has 0 saturated carbocycles. The zero-order valence-corrected chi connectivity index (χ0v) is 10.5. The molecule has 17 heavy (non-hydrogen) atoms. The predicted octanol–water partition coefficient (Wildman–Crippen LogP) is 4.02.